The van der Waals surface area contributed by atoms with Gasteiger partial charge in [-0.05, 0) is 6.42 Å². The third kappa shape index (κ3) is 15.0. The maximum Gasteiger partial charge on any atom is 0.148 e. The highest BCUT2D eigenvalue weighted by Gasteiger charge is 2.30. The number of aliphatic hydroxyl groups excluding tert-OH is 2. The van der Waals surface area contributed by atoms with Gasteiger partial charge in [0.2, 0.25) is 0 Å². The van der Waals surface area contributed by atoms with Crippen LogP contribution in [0.3, 0.4) is 0 Å². The lowest BCUT2D eigenvalue weighted by Crippen LogP contribution is -2.51. The van der Waals surface area contributed by atoms with Crippen molar-refractivity contribution in [2.75, 3.05) is 6.61 Å². The molecule has 2 unspecified atom stereocenters. The topological polar surface area (TPSA) is 66.5 Å². The summed E-state index contributed by atoms with van der Waals surface area (Å²) in [6.45, 7) is 2.01. The molecule has 0 saturated carbocycles. The third-order valence-electron chi connectivity index (χ3n) is 5.26. The van der Waals surface area contributed by atoms with Gasteiger partial charge < -0.3 is 15.9 Å². The molecule has 0 aromatic heterocycles. The van der Waals surface area contributed by atoms with E-state index >= 15 is 0 Å². The molecule has 0 aliphatic rings. The molecule has 3 nitrogen and oxygen atoms in total. The molecule has 0 amide bonds. The van der Waals surface area contributed by atoms with Crippen LogP contribution in [0.4, 0.5) is 0 Å². The number of aliphatic hydroxyl groups is 2. The van der Waals surface area contributed by atoms with Crippen LogP contribution in [-0.4, -0.2) is 27.9 Å². The largest absolute Gasteiger partial charge is 0.394 e. The molecule has 0 bridgehead atoms. The van der Waals surface area contributed by atoms with Crippen molar-refractivity contribution in [3.63, 3.8) is 0 Å². The van der Waals surface area contributed by atoms with Crippen molar-refractivity contribution < 1.29 is 10.2 Å². The molecular formula is C21H44ClNO2. The van der Waals surface area contributed by atoms with Gasteiger partial charge in [0.05, 0.1) is 12.1 Å². The summed E-state index contributed by atoms with van der Waals surface area (Å²) in [5.41, 5.74) is 3.65. The van der Waals surface area contributed by atoms with Gasteiger partial charge in [0.25, 0.3) is 0 Å². The Labute approximate surface area is 161 Å². The molecule has 0 fully saturated rings. The zero-order valence-electron chi connectivity index (χ0n) is 16.7. The molecule has 152 valence electrons. The minimum absolute atomic E-state index is 0.267. The second kappa shape index (κ2) is 17.6. The zero-order valence-corrected chi connectivity index (χ0v) is 17.4. The van der Waals surface area contributed by atoms with E-state index in [0.29, 0.717) is 6.42 Å². The van der Waals surface area contributed by atoms with Gasteiger partial charge in [-0.1, -0.05) is 121 Å². The Balaban J connectivity index is 3.22. The molecular weight excluding hydrogens is 334 g/mol. The fourth-order valence-corrected chi connectivity index (χ4v) is 3.45. The van der Waals surface area contributed by atoms with Crippen LogP contribution in [0.15, 0.2) is 0 Å². The van der Waals surface area contributed by atoms with Crippen LogP contribution < -0.4 is 5.73 Å². The van der Waals surface area contributed by atoms with Crippen molar-refractivity contribution in [3.8, 4) is 0 Å². The Bertz CT molecular complexity index is 277. The minimum Gasteiger partial charge on any atom is -0.394 e. The van der Waals surface area contributed by atoms with Gasteiger partial charge in [0, 0.05) is 0 Å². The molecule has 0 radical (unpaired) electrons. The summed E-state index contributed by atoms with van der Waals surface area (Å²) in [6, 6.07) is 0. The molecule has 0 heterocycles. The van der Waals surface area contributed by atoms with Gasteiger partial charge in [-0.2, -0.15) is 0 Å². The molecule has 4 heteroatoms. The van der Waals surface area contributed by atoms with E-state index < -0.39 is 11.1 Å². The Hall–Kier alpha value is 0.170. The van der Waals surface area contributed by atoms with Crippen LogP contribution >= 0.6 is 11.6 Å². The highest BCUT2D eigenvalue weighted by molar-refractivity contribution is 6.20. The van der Waals surface area contributed by atoms with Gasteiger partial charge in [-0.15, -0.1) is 0 Å². The van der Waals surface area contributed by atoms with Gasteiger partial charge >= 0.3 is 0 Å². The van der Waals surface area contributed by atoms with E-state index in [1.165, 1.54) is 89.9 Å². The lowest BCUT2D eigenvalue weighted by molar-refractivity contribution is 0.0864. The third-order valence-corrected chi connectivity index (χ3v) is 5.70. The van der Waals surface area contributed by atoms with Crippen LogP contribution in [0.25, 0.3) is 0 Å². The molecule has 0 saturated heterocycles. The summed E-state index contributed by atoms with van der Waals surface area (Å²) in [6.07, 6.45) is 21.8. The van der Waals surface area contributed by atoms with Crippen LogP contribution in [0.1, 0.15) is 116 Å². The summed E-state index contributed by atoms with van der Waals surface area (Å²) >= 11 is 5.63. The molecule has 0 spiro atoms. The van der Waals surface area contributed by atoms with E-state index in [-0.39, 0.29) is 6.61 Å². The van der Waals surface area contributed by atoms with Crippen LogP contribution in [0.2, 0.25) is 0 Å². The number of hydrogen-bond acceptors (Lipinski definition) is 3. The van der Waals surface area contributed by atoms with E-state index in [1.54, 1.807) is 0 Å². The minimum atomic E-state index is -1.17. The van der Waals surface area contributed by atoms with Crippen molar-refractivity contribution in [2.24, 2.45) is 5.73 Å². The Kier molecular flexibility index (Phi) is 17.7. The summed E-state index contributed by atoms with van der Waals surface area (Å²) in [7, 11) is 0. The quantitative estimate of drug-likeness (QED) is 0.194. The molecule has 0 aliphatic heterocycles. The van der Waals surface area contributed by atoms with Crippen molar-refractivity contribution >= 4 is 11.6 Å². The average Bonchev–Trinajstić information content (AvgIpc) is 2.61. The van der Waals surface area contributed by atoms with E-state index in [0.717, 1.165) is 12.8 Å². The maximum atomic E-state index is 9.38. The van der Waals surface area contributed by atoms with Gasteiger partial charge in [-0.3, -0.25) is 0 Å². The number of nitrogens with two attached hydrogens (primary N) is 1. The Morgan fingerprint density at radius 1 is 0.720 bits per heavy atom. The second-order valence-corrected chi connectivity index (χ2v) is 8.19. The first-order chi connectivity index (χ1) is 12.1. The van der Waals surface area contributed by atoms with Crippen molar-refractivity contribution in [1.29, 1.82) is 0 Å². The monoisotopic (exact) mass is 377 g/mol. The van der Waals surface area contributed by atoms with E-state index in [1.807, 2.05) is 0 Å². The van der Waals surface area contributed by atoms with Crippen LogP contribution in [0, 0.1) is 0 Å². The second-order valence-electron chi connectivity index (χ2n) is 7.78. The fourth-order valence-electron chi connectivity index (χ4n) is 3.28. The zero-order chi connectivity index (χ0) is 18.8. The summed E-state index contributed by atoms with van der Waals surface area (Å²) in [5, 5.41) is 18.6. The lowest BCUT2D eigenvalue weighted by atomic mass is 9.94. The Morgan fingerprint density at radius 3 is 1.32 bits per heavy atom. The molecule has 4 N–H and O–H groups in total. The molecule has 0 rings (SSSR count). The van der Waals surface area contributed by atoms with Crippen molar-refractivity contribution in [2.45, 2.75) is 127 Å². The van der Waals surface area contributed by atoms with E-state index in [2.05, 4.69) is 6.92 Å². The lowest BCUT2D eigenvalue weighted by Gasteiger charge is -2.28. The summed E-state index contributed by atoms with van der Waals surface area (Å²) < 4.78 is 0. The predicted octanol–water partition coefficient (Wildman–Crippen LogP) is 5.89. The first kappa shape index (κ1) is 25.2. The standard InChI is InChI=1S/C21H44ClNO2/c1-2-3-4-5-6-7-8-9-10-11-12-13-14-15-16-17-18-21(23,19-24)20(22)25/h20,24-25H,2-19,23H2,1H3. The molecule has 0 aliphatic carbocycles. The average molecular weight is 378 g/mol. The van der Waals surface area contributed by atoms with Gasteiger partial charge in [0.15, 0.2) is 0 Å². The number of alkyl halides is 1. The van der Waals surface area contributed by atoms with Gasteiger partial charge in [-0.25, -0.2) is 0 Å². The molecule has 25 heavy (non-hydrogen) atoms. The predicted molar refractivity (Wildman–Crippen MR) is 110 cm³/mol. The number of rotatable bonds is 19. The highest BCUT2D eigenvalue weighted by Crippen LogP contribution is 2.20. The molecule has 0 aromatic carbocycles. The summed E-state index contributed by atoms with van der Waals surface area (Å²) in [5.74, 6) is 0. The first-order valence-corrected chi connectivity index (χ1v) is 11.2. The first-order valence-electron chi connectivity index (χ1n) is 10.8. The fraction of sp³-hybridized carbons (Fsp3) is 1.00. The smallest absolute Gasteiger partial charge is 0.148 e. The van der Waals surface area contributed by atoms with E-state index in [4.69, 9.17) is 17.3 Å². The van der Waals surface area contributed by atoms with Crippen LogP contribution in [0.5, 0.6) is 0 Å². The summed E-state index contributed by atoms with van der Waals surface area (Å²) in [4.78, 5) is 0. The Morgan fingerprint density at radius 2 is 1.04 bits per heavy atom. The number of unbranched alkanes of at least 4 members (excludes halogenated alkanes) is 15. The van der Waals surface area contributed by atoms with Crippen molar-refractivity contribution in [3.05, 3.63) is 0 Å². The molecule has 2 atom stereocenters. The number of halogens is 1. The number of hydrogen-bond donors (Lipinski definition) is 3. The maximum absolute atomic E-state index is 9.38. The van der Waals surface area contributed by atoms with Gasteiger partial charge in [0.1, 0.15) is 5.56 Å². The van der Waals surface area contributed by atoms with Crippen molar-refractivity contribution in [1.82, 2.24) is 0 Å². The highest BCUT2D eigenvalue weighted by atomic mass is 35.5. The SMILES string of the molecule is CCCCCCCCCCCCCCCCCCC(N)(CO)C(O)Cl. The normalized spacial score (nSPS) is 15.2. The van der Waals surface area contributed by atoms with E-state index in [9.17, 15) is 10.2 Å². The van der Waals surface area contributed by atoms with Crippen LogP contribution in [-0.2, 0) is 0 Å². The molecule has 0 aromatic rings.